The minimum Gasteiger partial charge on any atom is -0.478 e. The maximum absolute atomic E-state index is 12.0. The van der Waals surface area contributed by atoms with E-state index in [4.69, 9.17) is 21.4 Å². The third kappa shape index (κ3) is 3.62. The number of carboxylic acids is 1. The summed E-state index contributed by atoms with van der Waals surface area (Å²) in [5.74, 6) is -1.46. The van der Waals surface area contributed by atoms with Crippen molar-refractivity contribution in [3.63, 3.8) is 0 Å². The van der Waals surface area contributed by atoms with Gasteiger partial charge in [0.15, 0.2) is 0 Å². The Morgan fingerprint density at radius 1 is 1.50 bits per heavy atom. The lowest BCUT2D eigenvalue weighted by Crippen LogP contribution is -2.26. The second kappa shape index (κ2) is 5.99. The molecule has 0 saturated carbocycles. The van der Waals surface area contributed by atoms with Crippen LogP contribution in [0.1, 0.15) is 23.2 Å². The molecule has 0 aromatic heterocycles. The molecule has 1 aromatic carbocycles. The average molecular weight is 320 g/mol. The Hall–Kier alpha value is -1.31. The van der Waals surface area contributed by atoms with Gasteiger partial charge in [-0.05, 0) is 25.0 Å². The molecular formula is C12H14ClNO5S. The van der Waals surface area contributed by atoms with Gasteiger partial charge in [0.2, 0.25) is 10.0 Å². The van der Waals surface area contributed by atoms with Crippen LogP contribution in [-0.2, 0) is 14.8 Å². The lowest BCUT2D eigenvalue weighted by Gasteiger charge is -2.14. The molecule has 6 nitrogen and oxygen atoms in total. The Morgan fingerprint density at radius 3 is 2.85 bits per heavy atom. The lowest BCUT2D eigenvalue weighted by atomic mass is 10.2. The Morgan fingerprint density at radius 2 is 2.25 bits per heavy atom. The number of para-hydroxylation sites is 1. The molecule has 1 aliphatic rings. The number of nitrogens with one attached hydrogen (secondary N) is 1. The zero-order chi connectivity index (χ0) is 14.8. The molecule has 0 spiro atoms. The molecule has 2 N–H and O–H groups in total. The van der Waals surface area contributed by atoms with Crippen molar-refractivity contribution in [2.75, 3.05) is 17.1 Å². The number of hydrogen-bond acceptors (Lipinski definition) is 4. The van der Waals surface area contributed by atoms with Gasteiger partial charge in [-0.3, -0.25) is 4.72 Å². The molecule has 20 heavy (non-hydrogen) atoms. The van der Waals surface area contributed by atoms with Crippen LogP contribution in [0, 0.1) is 0 Å². The first-order valence-electron chi connectivity index (χ1n) is 6.03. The van der Waals surface area contributed by atoms with Crippen LogP contribution in [0.4, 0.5) is 5.69 Å². The van der Waals surface area contributed by atoms with Gasteiger partial charge in [-0.1, -0.05) is 17.7 Å². The first-order chi connectivity index (χ1) is 9.39. The Labute approximate surface area is 121 Å². The van der Waals surface area contributed by atoms with Gasteiger partial charge in [-0.15, -0.1) is 0 Å². The quantitative estimate of drug-likeness (QED) is 0.865. The highest BCUT2D eigenvalue weighted by atomic mass is 35.5. The fourth-order valence-corrected chi connectivity index (χ4v) is 3.67. The van der Waals surface area contributed by atoms with Crippen molar-refractivity contribution in [2.24, 2.45) is 0 Å². The van der Waals surface area contributed by atoms with Crippen molar-refractivity contribution in [3.8, 4) is 0 Å². The van der Waals surface area contributed by atoms with E-state index in [1.165, 1.54) is 18.2 Å². The molecule has 1 atom stereocenters. The normalized spacial score (nSPS) is 18.9. The number of carboxylic acid groups (broad SMARTS) is 1. The topological polar surface area (TPSA) is 92.7 Å². The van der Waals surface area contributed by atoms with Gasteiger partial charge in [0, 0.05) is 6.61 Å². The summed E-state index contributed by atoms with van der Waals surface area (Å²) in [6.45, 7) is 0.548. The van der Waals surface area contributed by atoms with Crippen LogP contribution >= 0.6 is 11.6 Å². The number of ether oxygens (including phenoxy) is 1. The van der Waals surface area contributed by atoms with Crippen molar-refractivity contribution in [2.45, 2.75) is 18.9 Å². The smallest absolute Gasteiger partial charge is 0.337 e. The largest absolute Gasteiger partial charge is 0.478 e. The molecule has 8 heteroatoms. The van der Waals surface area contributed by atoms with Crippen molar-refractivity contribution in [3.05, 3.63) is 28.8 Å². The first kappa shape index (κ1) is 15.1. The molecular weight excluding hydrogens is 306 g/mol. The number of rotatable bonds is 5. The zero-order valence-electron chi connectivity index (χ0n) is 10.5. The fourth-order valence-electron chi connectivity index (χ4n) is 2.02. The Bertz CT molecular complexity index is 610. The van der Waals surface area contributed by atoms with Crippen LogP contribution in [0.25, 0.3) is 0 Å². The van der Waals surface area contributed by atoms with E-state index < -0.39 is 16.0 Å². The molecule has 1 saturated heterocycles. The molecule has 0 aliphatic carbocycles. The molecule has 1 heterocycles. The van der Waals surface area contributed by atoms with Crippen LogP contribution in [0.3, 0.4) is 0 Å². The van der Waals surface area contributed by atoms with E-state index in [1.54, 1.807) is 0 Å². The molecule has 0 bridgehead atoms. The number of anilines is 1. The van der Waals surface area contributed by atoms with E-state index in [0.29, 0.717) is 13.0 Å². The second-order valence-corrected chi connectivity index (χ2v) is 6.66. The number of halogens is 1. The summed E-state index contributed by atoms with van der Waals surface area (Å²) in [7, 11) is -3.72. The molecule has 2 rings (SSSR count). The van der Waals surface area contributed by atoms with Crippen molar-refractivity contribution in [1.29, 1.82) is 0 Å². The summed E-state index contributed by atoms with van der Waals surface area (Å²) in [6.07, 6.45) is 1.14. The third-order valence-electron chi connectivity index (χ3n) is 2.93. The van der Waals surface area contributed by atoms with Crippen LogP contribution in [0.5, 0.6) is 0 Å². The average Bonchev–Trinajstić information content (AvgIpc) is 2.83. The highest BCUT2D eigenvalue weighted by Crippen LogP contribution is 2.27. The van der Waals surface area contributed by atoms with Crippen LogP contribution < -0.4 is 4.72 Å². The van der Waals surface area contributed by atoms with Crippen LogP contribution in [-0.4, -0.2) is 38.0 Å². The number of aromatic carboxylic acids is 1. The van der Waals surface area contributed by atoms with E-state index in [2.05, 4.69) is 4.72 Å². The summed E-state index contributed by atoms with van der Waals surface area (Å²) in [5.41, 5.74) is -0.298. The standard InChI is InChI=1S/C12H14ClNO5S/c13-10-5-1-4-9(12(15)16)11(10)14-20(17,18)7-8-3-2-6-19-8/h1,4-5,8,14H,2-3,6-7H2,(H,15,16). The lowest BCUT2D eigenvalue weighted by molar-refractivity contribution is 0.0698. The number of benzene rings is 1. The minimum absolute atomic E-state index is 0.0424. The van der Waals surface area contributed by atoms with Crippen LogP contribution in [0.15, 0.2) is 18.2 Å². The molecule has 1 aliphatic heterocycles. The maximum Gasteiger partial charge on any atom is 0.337 e. The fraction of sp³-hybridized carbons (Fsp3) is 0.417. The van der Waals surface area contributed by atoms with Gasteiger partial charge in [0.1, 0.15) is 0 Å². The van der Waals surface area contributed by atoms with E-state index >= 15 is 0 Å². The Balaban J connectivity index is 2.22. The monoisotopic (exact) mass is 319 g/mol. The zero-order valence-corrected chi connectivity index (χ0v) is 12.1. The molecule has 110 valence electrons. The summed E-state index contributed by atoms with van der Waals surface area (Å²) in [5, 5.41) is 9.10. The molecule has 1 fully saturated rings. The van der Waals surface area contributed by atoms with Gasteiger partial charge < -0.3 is 9.84 Å². The molecule has 1 aromatic rings. The summed E-state index contributed by atoms with van der Waals surface area (Å²) in [6, 6.07) is 4.17. The van der Waals surface area contributed by atoms with Gasteiger partial charge in [-0.25, -0.2) is 13.2 Å². The van der Waals surface area contributed by atoms with Crippen molar-refractivity contribution >= 4 is 33.3 Å². The summed E-state index contributed by atoms with van der Waals surface area (Å²) < 4.78 is 31.6. The highest BCUT2D eigenvalue weighted by Gasteiger charge is 2.25. The number of carbonyl (C=O) groups is 1. The first-order valence-corrected chi connectivity index (χ1v) is 8.06. The predicted octanol–water partition coefficient (Wildman–Crippen LogP) is 1.96. The third-order valence-corrected chi connectivity index (χ3v) is 4.57. The van der Waals surface area contributed by atoms with E-state index in [-0.39, 0.29) is 28.1 Å². The molecule has 1 unspecified atom stereocenters. The van der Waals surface area contributed by atoms with E-state index in [1.807, 2.05) is 0 Å². The van der Waals surface area contributed by atoms with Gasteiger partial charge in [0.05, 0.1) is 28.1 Å². The van der Waals surface area contributed by atoms with E-state index in [0.717, 1.165) is 6.42 Å². The summed E-state index contributed by atoms with van der Waals surface area (Å²) >= 11 is 5.87. The molecule has 0 amide bonds. The SMILES string of the molecule is O=C(O)c1cccc(Cl)c1NS(=O)(=O)CC1CCCO1. The molecule has 0 radical (unpaired) electrons. The number of hydrogen-bond donors (Lipinski definition) is 2. The van der Waals surface area contributed by atoms with Crippen LogP contribution in [0.2, 0.25) is 5.02 Å². The second-order valence-electron chi connectivity index (χ2n) is 4.49. The minimum atomic E-state index is -3.72. The van der Waals surface area contributed by atoms with Gasteiger partial charge in [-0.2, -0.15) is 0 Å². The van der Waals surface area contributed by atoms with Gasteiger partial charge >= 0.3 is 5.97 Å². The summed E-state index contributed by atoms with van der Waals surface area (Å²) in [4.78, 5) is 11.1. The van der Waals surface area contributed by atoms with E-state index in [9.17, 15) is 13.2 Å². The van der Waals surface area contributed by atoms with Gasteiger partial charge in [0.25, 0.3) is 0 Å². The number of sulfonamides is 1. The maximum atomic E-state index is 12.0. The Kier molecular flexibility index (Phi) is 4.52. The predicted molar refractivity (Wildman–Crippen MR) is 74.8 cm³/mol. The van der Waals surface area contributed by atoms with Crippen molar-refractivity contribution in [1.82, 2.24) is 0 Å². The van der Waals surface area contributed by atoms with Crippen molar-refractivity contribution < 1.29 is 23.1 Å². The highest BCUT2D eigenvalue weighted by molar-refractivity contribution is 7.92.